The van der Waals surface area contributed by atoms with E-state index in [0.717, 1.165) is 43.1 Å². The predicted molar refractivity (Wildman–Crippen MR) is 92.5 cm³/mol. The maximum absolute atomic E-state index is 10.6. The van der Waals surface area contributed by atoms with Gasteiger partial charge in [-0.25, -0.2) is 0 Å². The van der Waals surface area contributed by atoms with E-state index >= 15 is 0 Å². The lowest BCUT2D eigenvalue weighted by Gasteiger charge is -2.26. The zero-order valence-corrected chi connectivity index (χ0v) is 14.3. The lowest BCUT2D eigenvalue weighted by molar-refractivity contribution is 0.116. The molecular formula is C19H26N4O. The molecule has 1 aliphatic carbocycles. The molecule has 2 atom stereocenters. The number of hydrogen-bond acceptors (Lipinski definition) is 4. The Morgan fingerprint density at radius 1 is 1.17 bits per heavy atom. The van der Waals surface area contributed by atoms with Crippen molar-refractivity contribution >= 4 is 0 Å². The third kappa shape index (κ3) is 3.23. The summed E-state index contributed by atoms with van der Waals surface area (Å²) in [5.74, 6) is 2.13. The maximum atomic E-state index is 10.6. The quantitative estimate of drug-likeness (QED) is 0.886. The molecule has 1 aromatic carbocycles. The lowest BCUT2D eigenvalue weighted by Crippen LogP contribution is -2.31. The summed E-state index contributed by atoms with van der Waals surface area (Å²) in [6, 6.07) is 11.0. The van der Waals surface area contributed by atoms with Gasteiger partial charge in [-0.05, 0) is 51.1 Å². The standard InChI is InChI=1S/C19H26N4O/c1-14-20-21-19(23(14)16-9-10-16)13-22-11-5-8-17(22)12-18(24)15-6-3-2-4-7-15/h2-4,6-7,16-18,24H,5,8-13H2,1H3. The van der Waals surface area contributed by atoms with Crippen molar-refractivity contribution in [2.24, 2.45) is 0 Å². The van der Waals surface area contributed by atoms with Crippen LogP contribution in [-0.4, -0.2) is 37.4 Å². The molecule has 0 spiro atoms. The molecule has 1 aliphatic heterocycles. The number of hydrogen-bond donors (Lipinski definition) is 1. The first kappa shape index (κ1) is 15.8. The molecule has 1 saturated carbocycles. The zero-order valence-electron chi connectivity index (χ0n) is 14.3. The fourth-order valence-corrected chi connectivity index (χ4v) is 3.95. The molecule has 2 aliphatic rings. The number of aromatic nitrogens is 3. The number of aliphatic hydroxyl groups excluding tert-OH is 1. The molecule has 5 heteroatoms. The molecule has 128 valence electrons. The van der Waals surface area contributed by atoms with Gasteiger partial charge in [0.25, 0.3) is 0 Å². The van der Waals surface area contributed by atoms with Crippen molar-refractivity contribution in [3.8, 4) is 0 Å². The van der Waals surface area contributed by atoms with Crippen LogP contribution in [0.1, 0.15) is 61.5 Å². The van der Waals surface area contributed by atoms with Crippen molar-refractivity contribution in [1.82, 2.24) is 19.7 Å². The van der Waals surface area contributed by atoms with Crippen LogP contribution >= 0.6 is 0 Å². The number of nitrogens with zero attached hydrogens (tertiary/aromatic N) is 4. The van der Waals surface area contributed by atoms with Gasteiger partial charge in [0, 0.05) is 12.1 Å². The van der Waals surface area contributed by atoms with E-state index in [2.05, 4.69) is 26.6 Å². The topological polar surface area (TPSA) is 54.2 Å². The predicted octanol–water partition coefficient (Wildman–Crippen LogP) is 3.01. The third-order valence-electron chi connectivity index (χ3n) is 5.37. The minimum Gasteiger partial charge on any atom is -0.388 e. The summed E-state index contributed by atoms with van der Waals surface area (Å²) in [6.45, 7) is 3.99. The molecule has 2 unspecified atom stereocenters. The van der Waals surface area contributed by atoms with E-state index in [1.165, 1.54) is 19.3 Å². The van der Waals surface area contributed by atoms with Gasteiger partial charge in [-0.2, -0.15) is 0 Å². The van der Waals surface area contributed by atoms with Crippen LogP contribution in [0, 0.1) is 6.92 Å². The monoisotopic (exact) mass is 326 g/mol. The van der Waals surface area contributed by atoms with Gasteiger partial charge < -0.3 is 9.67 Å². The van der Waals surface area contributed by atoms with Crippen molar-refractivity contribution in [3.05, 3.63) is 47.5 Å². The molecule has 2 aromatic rings. The number of rotatable bonds is 6. The largest absolute Gasteiger partial charge is 0.388 e. The van der Waals surface area contributed by atoms with Crippen LogP contribution in [0.25, 0.3) is 0 Å². The smallest absolute Gasteiger partial charge is 0.147 e. The van der Waals surface area contributed by atoms with Gasteiger partial charge in [0.15, 0.2) is 0 Å². The molecule has 0 radical (unpaired) electrons. The Bertz CT molecular complexity index is 680. The summed E-state index contributed by atoms with van der Waals surface area (Å²) >= 11 is 0. The first-order chi connectivity index (χ1) is 11.7. The van der Waals surface area contributed by atoms with Gasteiger partial charge in [0.05, 0.1) is 12.6 Å². The highest BCUT2D eigenvalue weighted by Crippen LogP contribution is 2.37. The van der Waals surface area contributed by atoms with E-state index < -0.39 is 0 Å². The van der Waals surface area contributed by atoms with Crippen LogP contribution in [0.4, 0.5) is 0 Å². The SMILES string of the molecule is Cc1nnc(CN2CCCC2CC(O)c2ccccc2)n1C1CC1. The summed E-state index contributed by atoms with van der Waals surface area (Å²) in [5.41, 5.74) is 1.02. The van der Waals surface area contributed by atoms with Crippen molar-refractivity contribution in [2.45, 2.75) is 63.8 Å². The van der Waals surface area contributed by atoms with Gasteiger partial charge in [-0.1, -0.05) is 30.3 Å². The van der Waals surface area contributed by atoms with Crippen molar-refractivity contribution in [3.63, 3.8) is 0 Å². The molecule has 0 bridgehead atoms. The van der Waals surface area contributed by atoms with Crippen LogP contribution in [0.5, 0.6) is 0 Å². The summed E-state index contributed by atoms with van der Waals surface area (Å²) in [6.07, 6.45) is 5.26. The molecule has 24 heavy (non-hydrogen) atoms. The van der Waals surface area contributed by atoms with Crippen molar-refractivity contribution < 1.29 is 5.11 Å². The second kappa shape index (κ2) is 6.65. The maximum Gasteiger partial charge on any atom is 0.147 e. The Balaban J connectivity index is 1.44. The fraction of sp³-hybridized carbons (Fsp3) is 0.579. The van der Waals surface area contributed by atoms with Crippen LogP contribution in [0.3, 0.4) is 0 Å². The number of aryl methyl sites for hydroxylation is 1. The molecule has 0 amide bonds. The van der Waals surface area contributed by atoms with E-state index in [9.17, 15) is 5.11 Å². The summed E-state index contributed by atoms with van der Waals surface area (Å²) in [4.78, 5) is 2.48. The van der Waals surface area contributed by atoms with E-state index in [1.54, 1.807) is 0 Å². The van der Waals surface area contributed by atoms with Crippen molar-refractivity contribution in [2.75, 3.05) is 6.54 Å². The minimum atomic E-state index is -0.389. The summed E-state index contributed by atoms with van der Waals surface area (Å²) in [5, 5.41) is 19.3. The Hall–Kier alpha value is -1.72. The minimum absolute atomic E-state index is 0.389. The molecule has 4 rings (SSSR count). The van der Waals surface area contributed by atoms with Gasteiger partial charge in [0.2, 0.25) is 0 Å². The molecular weight excluding hydrogens is 300 g/mol. The van der Waals surface area contributed by atoms with Gasteiger partial charge >= 0.3 is 0 Å². The van der Waals surface area contributed by atoms with Crippen LogP contribution in [-0.2, 0) is 6.54 Å². The number of aliphatic hydroxyl groups is 1. The third-order valence-corrected chi connectivity index (χ3v) is 5.37. The Labute approximate surface area is 143 Å². The van der Waals surface area contributed by atoms with E-state index in [-0.39, 0.29) is 6.10 Å². The average Bonchev–Trinajstić information content (AvgIpc) is 3.24. The van der Waals surface area contributed by atoms with Gasteiger partial charge in [0.1, 0.15) is 11.6 Å². The Kier molecular flexibility index (Phi) is 4.37. The van der Waals surface area contributed by atoms with E-state index in [1.807, 2.05) is 30.3 Å². The van der Waals surface area contributed by atoms with Crippen LogP contribution in [0.2, 0.25) is 0 Å². The number of likely N-dealkylation sites (tertiary alicyclic amines) is 1. The summed E-state index contributed by atoms with van der Waals surface area (Å²) in [7, 11) is 0. The zero-order chi connectivity index (χ0) is 16.5. The van der Waals surface area contributed by atoms with E-state index in [0.29, 0.717) is 12.1 Å². The molecule has 1 aromatic heterocycles. The van der Waals surface area contributed by atoms with E-state index in [4.69, 9.17) is 0 Å². The first-order valence-corrected chi connectivity index (χ1v) is 9.10. The second-order valence-corrected chi connectivity index (χ2v) is 7.19. The Morgan fingerprint density at radius 3 is 2.71 bits per heavy atom. The average molecular weight is 326 g/mol. The summed E-state index contributed by atoms with van der Waals surface area (Å²) < 4.78 is 2.32. The highest BCUT2D eigenvalue weighted by atomic mass is 16.3. The van der Waals surface area contributed by atoms with Crippen LogP contribution < -0.4 is 0 Å². The molecule has 2 heterocycles. The van der Waals surface area contributed by atoms with Crippen LogP contribution in [0.15, 0.2) is 30.3 Å². The lowest BCUT2D eigenvalue weighted by atomic mass is 10.0. The van der Waals surface area contributed by atoms with Crippen molar-refractivity contribution in [1.29, 1.82) is 0 Å². The molecule has 2 fully saturated rings. The molecule has 1 N–H and O–H groups in total. The normalized spacial score (nSPS) is 22.8. The molecule has 5 nitrogen and oxygen atoms in total. The Morgan fingerprint density at radius 2 is 1.96 bits per heavy atom. The number of benzene rings is 1. The fourth-order valence-electron chi connectivity index (χ4n) is 3.95. The highest BCUT2D eigenvalue weighted by Gasteiger charge is 2.32. The molecule has 1 saturated heterocycles. The van der Waals surface area contributed by atoms with Gasteiger partial charge in [-0.3, -0.25) is 4.90 Å². The first-order valence-electron chi connectivity index (χ1n) is 9.10. The second-order valence-electron chi connectivity index (χ2n) is 7.19. The van der Waals surface area contributed by atoms with Gasteiger partial charge in [-0.15, -0.1) is 10.2 Å². The highest BCUT2D eigenvalue weighted by molar-refractivity contribution is 5.17.